The number of amides is 3. The molecule has 2 heterocycles. The quantitative estimate of drug-likeness (QED) is 0.406. The molecular formula is C25H36ClN5O4S. The van der Waals surface area contributed by atoms with E-state index in [9.17, 15) is 19.5 Å². The molecule has 0 aliphatic carbocycles. The molecule has 0 unspecified atom stereocenters. The van der Waals surface area contributed by atoms with Crippen LogP contribution in [0.4, 0.5) is 0 Å². The Morgan fingerprint density at radius 1 is 1.25 bits per heavy atom. The van der Waals surface area contributed by atoms with Crippen molar-refractivity contribution in [3.63, 3.8) is 0 Å². The van der Waals surface area contributed by atoms with Crippen LogP contribution in [-0.2, 0) is 20.9 Å². The molecule has 9 nitrogen and oxygen atoms in total. The molecule has 0 spiro atoms. The molecule has 0 radical (unpaired) electrons. The Labute approximate surface area is 222 Å². The SMILES string of the molecule is Cc1ncsc1-c1ccc(CNC(=O)[C@@H]2C[C@@H](O)CN2C(=O)[C@@H](NC(=O)CCN)C(C)(C)C)cc1.Cl. The second kappa shape index (κ2) is 12.6. The lowest BCUT2D eigenvalue weighted by molar-refractivity contribution is -0.144. The molecule has 11 heteroatoms. The number of aryl methyl sites for hydroxylation is 1. The first-order valence-corrected chi connectivity index (χ1v) is 12.6. The zero-order chi connectivity index (χ0) is 25.8. The van der Waals surface area contributed by atoms with Crippen molar-refractivity contribution in [2.24, 2.45) is 11.1 Å². The summed E-state index contributed by atoms with van der Waals surface area (Å²) in [5.74, 6) is -1.04. The van der Waals surface area contributed by atoms with Crippen molar-refractivity contribution in [2.75, 3.05) is 13.1 Å². The molecule has 3 amide bonds. The first-order valence-electron chi connectivity index (χ1n) is 11.8. The van der Waals surface area contributed by atoms with Crippen molar-refractivity contribution in [1.82, 2.24) is 20.5 Å². The van der Waals surface area contributed by atoms with Gasteiger partial charge in [0.25, 0.3) is 0 Å². The van der Waals surface area contributed by atoms with Crippen LogP contribution in [0.1, 0.15) is 44.9 Å². The highest BCUT2D eigenvalue weighted by Gasteiger charge is 2.44. The van der Waals surface area contributed by atoms with Crippen LogP contribution in [0, 0.1) is 12.3 Å². The van der Waals surface area contributed by atoms with Crippen molar-refractivity contribution in [3.8, 4) is 10.4 Å². The van der Waals surface area contributed by atoms with E-state index in [1.807, 2.05) is 57.5 Å². The van der Waals surface area contributed by atoms with Crippen LogP contribution < -0.4 is 16.4 Å². The van der Waals surface area contributed by atoms with Crippen LogP contribution >= 0.6 is 23.7 Å². The van der Waals surface area contributed by atoms with Crippen LogP contribution in [0.2, 0.25) is 0 Å². The lowest BCUT2D eigenvalue weighted by Crippen LogP contribution is -2.57. The fraction of sp³-hybridized carbons (Fsp3) is 0.520. The molecule has 1 aromatic carbocycles. The van der Waals surface area contributed by atoms with Gasteiger partial charge >= 0.3 is 0 Å². The number of β-amino-alcohol motifs (C(OH)–C–C–N with tert-alkyl or cyclic N) is 1. The van der Waals surface area contributed by atoms with Gasteiger partial charge in [0.2, 0.25) is 17.7 Å². The summed E-state index contributed by atoms with van der Waals surface area (Å²) in [6.07, 6.45) is -0.556. The smallest absolute Gasteiger partial charge is 0.246 e. The Hall–Kier alpha value is -2.53. The molecular weight excluding hydrogens is 502 g/mol. The Bertz CT molecular complexity index is 1050. The summed E-state index contributed by atoms with van der Waals surface area (Å²) in [5, 5.41) is 15.9. The van der Waals surface area contributed by atoms with E-state index in [0.717, 1.165) is 21.7 Å². The van der Waals surface area contributed by atoms with Gasteiger partial charge in [-0.05, 0) is 23.5 Å². The highest BCUT2D eigenvalue weighted by Crippen LogP contribution is 2.28. The van der Waals surface area contributed by atoms with Crippen LogP contribution in [0.3, 0.4) is 0 Å². The maximum absolute atomic E-state index is 13.4. The number of likely N-dealkylation sites (tertiary alicyclic amines) is 1. The van der Waals surface area contributed by atoms with Crippen molar-refractivity contribution >= 4 is 41.5 Å². The third-order valence-corrected chi connectivity index (χ3v) is 7.06. The highest BCUT2D eigenvalue weighted by atomic mass is 35.5. The number of hydrogen-bond acceptors (Lipinski definition) is 7. The van der Waals surface area contributed by atoms with Gasteiger partial charge in [0.1, 0.15) is 12.1 Å². The van der Waals surface area contributed by atoms with E-state index in [4.69, 9.17) is 5.73 Å². The van der Waals surface area contributed by atoms with Crippen LogP contribution in [0.15, 0.2) is 29.8 Å². The van der Waals surface area contributed by atoms with Crippen molar-refractivity contribution in [1.29, 1.82) is 0 Å². The van der Waals surface area contributed by atoms with E-state index in [2.05, 4.69) is 15.6 Å². The molecule has 0 saturated carbocycles. The minimum Gasteiger partial charge on any atom is -0.391 e. The molecule has 3 rings (SSSR count). The fourth-order valence-corrected chi connectivity index (χ4v) is 4.96. The summed E-state index contributed by atoms with van der Waals surface area (Å²) in [5.41, 5.74) is 9.66. The molecule has 1 aromatic heterocycles. The van der Waals surface area contributed by atoms with Gasteiger partial charge in [0.15, 0.2) is 0 Å². The average molecular weight is 538 g/mol. The van der Waals surface area contributed by atoms with Gasteiger partial charge in [-0.1, -0.05) is 45.0 Å². The monoisotopic (exact) mass is 537 g/mol. The Morgan fingerprint density at radius 2 is 1.92 bits per heavy atom. The molecule has 36 heavy (non-hydrogen) atoms. The maximum atomic E-state index is 13.4. The van der Waals surface area contributed by atoms with E-state index in [0.29, 0.717) is 6.54 Å². The lowest BCUT2D eigenvalue weighted by atomic mass is 9.85. The number of benzene rings is 1. The molecule has 2 aromatic rings. The van der Waals surface area contributed by atoms with Gasteiger partial charge in [-0.3, -0.25) is 14.4 Å². The summed E-state index contributed by atoms with van der Waals surface area (Å²) in [6.45, 7) is 8.02. The number of nitrogens with zero attached hydrogens (tertiary/aromatic N) is 2. The van der Waals surface area contributed by atoms with Gasteiger partial charge in [0.05, 0.1) is 22.2 Å². The van der Waals surface area contributed by atoms with E-state index < -0.39 is 23.6 Å². The first-order chi connectivity index (χ1) is 16.5. The molecule has 1 aliphatic heterocycles. The normalized spacial score (nSPS) is 18.3. The van der Waals surface area contributed by atoms with Gasteiger partial charge in [-0.2, -0.15) is 0 Å². The van der Waals surface area contributed by atoms with E-state index in [1.165, 1.54) is 4.90 Å². The summed E-state index contributed by atoms with van der Waals surface area (Å²) in [7, 11) is 0. The highest BCUT2D eigenvalue weighted by molar-refractivity contribution is 7.13. The Kier molecular flexibility index (Phi) is 10.4. The number of aliphatic hydroxyl groups is 1. The molecule has 1 fully saturated rings. The molecule has 5 N–H and O–H groups in total. The third kappa shape index (κ3) is 7.25. The number of aliphatic hydroxyl groups excluding tert-OH is 1. The number of nitrogens with two attached hydrogens (primary N) is 1. The molecule has 3 atom stereocenters. The summed E-state index contributed by atoms with van der Waals surface area (Å²) < 4.78 is 0. The van der Waals surface area contributed by atoms with E-state index in [-0.39, 0.29) is 56.1 Å². The van der Waals surface area contributed by atoms with Gasteiger partial charge in [-0.15, -0.1) is 23.7 Å². The minimum absolute atomic E-state index is 0. The number of hydrogen-bond donors (Lipinski definition) is 4. The first kappa shape index (κ1) is 29.7. The fourth-order valence-electron chi connectivity index (χ4n) is 4.14. The molecule has 1 aliphatic rings. The average Bonchev–Trinajstić information content (AvgIpc) is 3.40. The Morgan fingerprint density at radius 3 is 2.47 bits per heavy atom. The second-order valence-electron chi connectivity index (χ2n) is 9.98. The number of rotatable bonds is 8. The zero-order valence-electron chi connectivity index (χ0n) is 21.1. The zero-order valence-corrected chi connectivity index (χ0v) is 22.7. The van der Waals surface area contributed by atoms with Gasteiger partial charge in [0, 0.05) is 32.5 Å². The van der Waals surface area contributed by atoms with E-state index in [1.54, 1.807) is 11.3 Å². The second-order valence-corrected chi connectivity index (χ2v) is 10.8. The largest absolute Gasteiger partial charge is 0.391 e. The topological polar surface area (TPSA) is 138 Å². The number of thiazole rings is 1. The summed E-state index contributed by atoms with van der Waals surface area (Å²) in [6, 6.07) is 6.23. The molecule has 198 valence electrons. The van der Waals surface area contributed by atoms with Crippen LogP contribution in [0.5, 0.6) is 0 Å². The van der Waals surface area contributed by atoms with Crippen molar-refractivity contribution in [3.05, 3.63) is 41.0 Å². The maximum Gasteiger partial charge on any atom is 0.246 e. The number of carbonyl (C=O) groups excluding carboxylic acids is 3. The number of aromatic nitrogens is 1. The van der Waals surface area contributed by atoms with Crippen LogP contribution in [-0.4, -0.2) is 64.0 Å². The van der Waals surface area contributed by atoms with Crippen molar-refractivity contribution in [2.45, 2.75) is 65.3 Å². The van der Waals surface area contributed by atoms with Crippen molar-refractivity contribution < 1.29 is 19.5 Å². The summed E-state index contributed by atoms with van der Waals surface area (Å²) >= 11 is 1.58. The predicted octanol–water partition coefficient (Wildman–Crippen LogP) is 2.00. The standard InChI is InChI=1S/C25H35N5O4S.ClH/c1-15-21(35-14-28-15)17-7-5-16(6-8-17)12-27-23(33)19-11-18(31)13-30(19)24(34)22(25(2,3)4)29-20(32)9-10-26;/h5-8,14,18-19,22,31H,9-13,26H2,1-4H3,(H,27,33)(H,29,32);1H/t18-,19+,22-;/m1./s1. The molecule has 0 bridgehead atoms. The summed E-state index contributed by atoms with van der Waals surface area (Å²) in [4.78, 5) is 45.4. The number of nitrogens with one attached hydrogen (secondary N) is 2. The van der Waals surface area contributed by atoms with Gasteiger partial charge < -0.3 is 26.4 Å². The predicted molar refractivity (Wildman–Crippen MR) is 143 cm³/mol. The number of carbonyl (C=O) groups is 3. The molecule has 1 saturated heterocycles. The number of halogens is 1. The third-order valence-electron chi connectivity index (χ3n) is 6.08. The minimum atomic E-state index is -0.843. The Balaban J connectivity index is 0.00000456. The van der Waals surface area contributed by atoms with Gasteiger partial charge in [-0.25, -0.2) is 4.98 Å². The van der Waals surface area contributed by atoms with E-state index >= 15 is 0 Å². The van der Waals surface area contributed by atoms with Crippen LogP contribution in [0.25, 0.3) is 10.4 Å². The lowest BCUT2D eigenvalue weighted by Gasteiger charge is -2.35.